The molecule has 0 rings (SSSR count). The fraction of sp³-hybridized carbons (Fsp3) is 0.833. The highest BCUT2D eigenvalue weighted by atomic mass is 19.3. The van der Waals surface area contributed by atoms with Crippen LogP contribution in [0.15, 0.2) is 0 Å². The van der Waals surface area contributed by atoms with E-state index in [4.69, 9.17) is 4.74 Å². The van der Waals surface area contributed by atoms with E-state index in [0.717, 1.165) is 14.0 Å². The molecule has 0 aromatic rings. The minimum Gasteiger partial charge on any atom is -0.467 e. The lowest BCUT2D eigenvalue weighted by Crippen LogP contribution is -2.44. The zero-order valence-electron chi connectivity index (χ0n) is 11.9. The highest BCUT2D eigenvalue weighted by molar-refractivity contribution is 5.81. The van der Waals surface area contributed by atoms with Crippen LogP contribution in [-0.4, -0.2) is 36.7 Å². The molecule has 7 heteroatoms. The Hall–Kier alpha value is -1.40. The molecule has 0 radical (unpaired) electrons. The summed E-state index contributed by atoms with van der Waals surface area (Å²) in [6.45, 7) is 5.70. The largest absolute Gasteiger partial charge is 0.467 e. The highest BCUT2D eigenvalue weighted by Crippen LogP contribution is 2.20. The van der Waals surface area contributed by atoms with Crippen LogP contribution in [-0.2, 0) is 14.3 Å². The molecule has 0 aliphatic rings. The van der Waals surface area contributed by atoms with Crippen molar-refractivity contribution in [1.82, 2.24) is 5.32 Å². The summed E-state index contributed by atoms with van der Waals surface area (Å²) in [5.41, 5.74) is -0.737. The Bertz CT molecular complexity index is 321. The Balaban J connectivity index is 4.52. The standard InChI is InChI=1S/C12H21F2NO4/c1-11(2,3)19-10(17)15-8(9(16)18-5)6-7-12(4,13)14/h8H,6-7H2,1-5H3,(H,15,17)/t8-/m1/s1. The second-order valence-corrected chi connectivity index (χ2v) is 5.33. The van der Waals surface area contributed by atoms with Crippen molar-refractivity contribution in [1.29, 1.82) is 0 Å². The van der Waals surface area contributed by atoms with Crippen LogP contribution in [0.3, 0.4) is 0 Å². The highest BCUT2D eigenvalue weighted by Gasteiger charge is 2.29. The van der Waals surface area contributed by atoms with Crippen molar-refractivity contribution in [3.05, 3.63) is 0 Å². The summed E-state index contributed by atoms with van der Waals surface area (Å²) in [5, 5.41) is 2.23. The monoisotopic (exact) mass is 281 g/mol. The zero-order valence-corrected chi connectivity index (χ0v) is 11.9. The summed E-state index contributed by atoms with van der Waals surface area (Å²) in [6, 6.07) is -1.15. The van der Waals surface area contributed by atoms with Gasteiger partial charge in [-0.15, -0.1) is 0 Å². The number of rotatable bonds is 5. The number of amides is 1. The lowest BCUT2D eigenvalue weighted by molar-refractivity contribution is -0.143. The Labute approximate surface area is 111 Å². The van der Waals surface area contributed by atoms with E-state index in [0.29, 0.717) is 0 Å². The van der Waals surface area contributed by atoms with Gasteiger partial charge in [-0.25, -0.2) is 18.4 Å². The van der Waals surface area contributed by atoms with Crippen LogP contribution >= 0.6 is 0 Å². The molecule has 0 heterocycles. The third kappa shape index (κ3) is 9.21. The van der Waals surface area contributed by atoms with E-state index in [1.807, 2.05) is 0 Å². The first kappa shape index (κ1) is 17.6. The van der Waals surface area contributed by atoms with Gasteiger partial charge in [0, 0.05) is 6.42 Å². The molecular formula is C12H21F2NO4. The normalized spacial score (nSPS) is 13.6. The minimum absolute atomic E-state index is 0.227. The van der Waals surface area contributed by atoms with Gasteiger partial charge in [-0.3, -0.25) is 0 Å². The summed E-state index contributed by atoms with van der Waals surface area (Å²) in [6.07, 6.45) is -1.61. The zero-order chi connectivity index (χ0) is 15.3. The smallest absolute Gasteiger partial charge is 0.408 e. The van der Waals surface area contributed by atoms with Gasteiger partial charge in [0.2, 0.25) is 5.92 Å². The quantitative estimate of drug-likeness (QED) is 0.786. The second kappa shape index (κ2) is 6.68. The summed E-state index contributed by atoms with van der Waals surface area (Å²) in [4.78, 5) is 22.9. The van der Waals surface area contributed by atoms with Crippen LogP contribution in [0.4, 0.5) is 13.6 Å². The molecule has 0 saturated carbocycles. The van der Waals surface area contributed by atoms with Crippen LogP contribution in [0.1, 0.15) is 40.5 Å². The molecule has 0 saturated heterocycles. The van der Waals surface area contributed by atoms with Crippen molar-refractivity contribution in [2.24, 2.45) is 0 Å². The number of nitrogens with one attached hydrogen (secondary N) is 1. The third-order valence-corrected chi connectivity index (χ3v) is 2.05. The number of alkyl halides is 2. The van der Waals surface area contributed by atoms with Gasteiger partial charge >= 0.3 is 12.1 Å². The maximum Gasteiger partial charge on any atom is 0.408 e. The van der Waals surface area contributed by atoms with Gasteiger partial charge in [-0.1, -0.05) is 0 Å². The average molecular weight is 281 g/mol. The third-order valence-electron chi connectivity index (χ3n) is 2.05. The first-order valence-corrected chi connectivity index (χ1v) is 5.90. The van der Waals surface area contributed by atoms with Crippen LogP contribution in [0.5, 0.6) is 0 Å². The van der Waals surface area contributed by atoms with Crippen LogP contribution < -0.4 is 5.32 Å². The molecule has 0 aromatic carbocycles. The van der Waals surface area contributed by atoms with Crippen molar-refractivity contribution in [3.63, 3.8) is 0 Å². The van der Waals surface area contributed by atoms with Gasteiger partial charge < -0.3 is 14.8 Å². The first-order valence-electron chi connectivity index (χ1n) is 5.90. The number of alkyl carbamates (subject to hydrolysis) is 1. The predicted molar refractivity (Wildman–Crippen MR) is 65.0 cm³/mol. The Morgan fingerprint density at radius 1 is 1.21 bits per heavy atom. The Morgan fingerprint density at radius 3 is 2.11 bits per heavy atom. The van der Waals surface area contributed by atoms with Crippen molar-refractivity contribution in [2.45, 2.75) is 58.1 Å². The number of esters is 1. The van der Waals surface area contributed by atoms with Crippen molar-refractivity contribution >= 4 is 12.1 Å². The van der Waals surface area contributed by atoms with E-state index < -0.39 is 36.0 Å². The first-order chi connectivity index (χ1) is 8.44. The lowest BCUT2D eigenvalue weighted by Gasteiger charge is -2.23. The van der Waals surface area contributed by atoms with Crippen LogP contribution in [0, 0.1) is 0 Å². The summed E-state index contributed by atoms with van der Waals surface area (Å²) in [7, 11) is 1.12. The molecule has 0 aliphatic heterocycles. The van der Waals surface area contributed by atoms with Crippen LogP contribution in [0.25, 0.3) is 0 Å². The maximum atomic E-state index is 12.8. The van der Waals surface area contributed by atoms with E-state index >= 15 is 0 Å². The number of carbonyl (C=O) groups is 2. The van der Waals surface area contributed by atoms with E-state index in [9.17, 15) is 18.4 Å². The molecule has 0 unspecified atom stereocenters. The number of ether oxygens (including phenoxy) is 2. The van der Waals surface area contributed by atoms with Gasteiger partial charge in [-0.05, 0) is 34.1 Å². The molecule has 0 aliphatic carbocycles. The SMILES string of the molecule is COC(=O)[C@@H](CCC(C)(F)F)NC(=O)OC(C)(C)C. The second-order valence-electron chi connectivity index (χ2n) is 5.33. The predicted octanol–water partition coefficient (Wildman–Crippen LogP) is 2.49. The van der Waals surface area contributed by atoms with Gasteiger partial charge in [0.15, 0.2) is 0 Å². The number of methoxy groups -OCH3 is 1. The Morgan fingerprint density at radius 2 is 1.74 bits per heavy atom. The van der Waals surface area contributed by atoms with E-state index in [-0.39, 0.29) is 6.42 Å². The maximum absolute atomic E-state index is 12.8. The Kier molecular flexibility index (Phi) is 6.18. The van der Waals surface area contributed by atoms with Gasteiger partial charge in [0.25, 0.3) is 0 Å². The van der Waals surface area contributed by atoms with E-state index in [1.165, 1.54) is 0 Å². The van der Waals surface area contributed by atoms with Gasteiger partial charge in [0.1, 0.15) is 11.6 Å². The molecule has 5 nitrogen and oxygen atoms in total. The molecule has 0 aromatic heterocycles. The average Bonchev–Trinajstić information content (AvgIpc) is 2.19. The number of halogens is 2. The van der Waals surface area contributed by atoms with Crippen LogP contribution in [0.2, 0.25) is 0 Å². The summed E-state index contributed by atoms with van der Waals surface area (Å²) >= 11 is 0. The molecule has 1 N–H and O–H groups in total. The van der Waals surface area contributed by atoms with Crippen molar-refractivity contribution in [3.8, 4) is 0 Å². The lowest BCUT2D eigenvalue weighted by atomic mass is 10.1. The fourth-order valence-corrected chi connectivity index (χ4v) is 1.24. The molecule has 0 bridgehead atoms. The minimum atomic E-state index is -2.91. The number of hydrogen-bond acceptors (Lipinski definition) is 4. The van der Waals surface area contributed by atoms with Crippen molar-refractivity contribution in [2.75, 3.05) is 7.11 Å². The van der Waals surface area contributed by atoms with E-state index in [1.54, 1.807) is 20.8 Å². The topological polar surface area (TPSA) is 64.6 Å². The van der Waals surface area contributed by atoms with E-state index in [2.05, 4.69) is 10.1 Å². The van der Waals surface area contributed by atoms with Gasteiger partial charge in [-0.2, -0.15) is 0 Å². The summed E-state index contributed by atoms with van der Waals surface area (Å²) < 4.78 is 34.9. The summed E-state index contributed by atoms with van der Waals surface area (Å²) in [5.74, 6) is -3.70. The molecule has 19 heavy (non-hydrogen) atoms. The molecule has 0 fully saturated rings. The number of carbonyl (C=O) groups excluding carboxylic acids is 2. The molecule has 0 spiro atoms. The fourth-order valence-electron chi connectivity index (χ4n) is 1.24. The molecule has 1 atom stereocenters. The molecular weight excluding hydrogens is 260 g/mol. The molecule has 112 valence electrons. The number of hydrogen-bond donors (Lipinski definition) is 1. The van der Waals surface area contributed by atoms with Crippen molar-refractivity contribution < 1.29 is 27.8 Å². The van der Waals surface area contributed by atoms with Gasteiger partial charge in [0.05, 0.1) is 7.11 Å². The molecule has 1 amide bonds.